The minimum Gasteiger partial charge on any atom is -0.307 e. The van der Waals surface area contributed by atoms with Crippen LogP contribution < -0.4 is 11.2 Å². The summed E-state index contributed by atoms with van der Waals surface area (Å²) in [6.45, 7) is 0.167. The highest BCUT2D eigenvalue weighted by Gasteiger charge is 2.07. The molecule has 0 spiro atoms. The summed E-state index contributed by atoms with van der Waals surface area (Å²) in [6.07, 6.45) is 1.63. The highest BCUT2D eigenvalue weighted by Crippen LogP contribution is 2.03. The van der Waals surface area contributed by atoms with Gasteiger partial charge in [0.25, 0.3) is 5.56 Å². The lowest BCUT2D eigenvalue weighted by Crippen LogP contribution is -2.35. The first-order chi connectivity index (χ1) is 9.25. The summed E-state index contributed by atoms with van der Waals surface area (Å²) in [4.78, 5) is 31.0. The third-order valence-corrected chi connectivity index (χ3v) is 2.94. The molecule has 3 rings (SSSR count). The molecule has 0 aliphatic heterocycles. The maximum absolute atomic E-state index is 12.3. The average Bonchev–Trinajstić information content (AvgIpc) is 2.45. The van der Waals surface area contributed by atoms with E-state index in [1.807, 2.05) is 6.07 Å². The number of aromatic nitrogens is 3. The minimum atomic E-state index is -0.422. The Kier molecular flexibility index (Phi) is 2.72. The molecule has 0 saturated heterocycles. The van der Waals surface area contributed by atoms with Crippen molar-refractivity contribution in [2.24, 2.45) is 0 Å². The van der Waals surface area contributed by atoms with Crippen LogP contribution in [0, 0.1) is 0 Å². The number of nitrogens with zero attached hydrogens (tertiary/aromatic N) is 2. The molecule has 0 bridgehead atoms. The summed E-state index contributed by atoms with van der Waals surface area (Å²) in [5.74, 6) is 0. The molecular formula is C14H11N3O2. The lowest BCUT2D eigenvalue weighted by atomic mass is 10.2. The molecule has 0 aliphatic rings. The molecule has 2 aromatic heterocycles. The van der Waals surface area contributed by atoms with Gasteiger partial charge in [0.1, 0.15) is 0 Å². The Balaban J connectivity index is 2.19. The van der Waals surface area contributed by atoms with Crippen LogP contribution in [0.5, 0.6) is 0 Å². The quantitative estimate of drug-likeness (QED) is 0.744. The highest BCUT2D eigenvalue weighted by atomic mass is 16.2. The number of pyridine rings is 1. The Morgan fingerprint density at radius 3 is 2.63 bits per heavy atom. The van der Waals surface area contributed by atoms with Gasteiger partial charge in [0.15, 0.2) is 0 Å². The number of H-pyrrole nitrogens is 1. The van der Waals surface area contributed by atoms with Gasteiger partial charge >= 0.3 is 5.69 Å². The first-order valence-corrected chi connectivity index (χ1v) is 5.87. The van der Waals surface area contributed by atoms with Gasteiger partial charge in [-0.05, 0) is 24.3 Å². The molecule has 0 unspecified atom stereocenters. The molecule has 2 heterocycles. The normalized spacial score (nSPS) is 10.7. The molecule has 5 nitrogen and oxygen atoms in total. The van der Waals surface area contributed by atoms with E-state index < -0.39 is 5.69 Å². The third kappa shape index (κ3) is 2.06. The van der Waals surface area contributed by atoms with Crippen molar-refractivity contribution in [3.8, 4) is 0 Å². The summed E-state index contributed by atoms with van der Waals surface area (Å²) in [7, 11) is 0. The van der Waals surface area contributed by atoms with Crippen molar-refractivity contribution in [2.75, 3.05) is 0 Å². The fourth-order valence-corrected chi connectivity index (χ4v) is 2.00. The van der Waals surface area contributed by atoms with Crippen LogP contribution in [0.25, 0.3) is 10.9 Å². The summed E-state index contributed by atoms with van der Waals surface area (Å²) >= 11 is 0. The number of nitrogens with one attached hydrogen (secondary N) is 1. The lowest BCUT2D eigenvalue weighted by Gasteiger charge is -2.05. The molecule has 19 heavy (non-hydrogen) atoms. The van der Waals surface area contributed by atoms with Gasteiger partial charge in [0.2, 0.25) is 0 Å². The zero-order chi connectivity index (χ0) is 13.2. The molecule has 0 amide bonds. The number of fused-ring (bicyclic) bond motifs is 1. The topological polar surface area (TPSA) is 67.8 Å². The Morgan fingerprint density at radius 1 is 1.05 bits per heavy atom. The summed E-state index contributed by atoms with van der Waals surface area (Å²) < 4.78 is 1.16. The second-order valence-corrected chi connectivity index (χ2v) is 4.19. The zero-order valence-electron chi connectivity index (χ0n) is 10.0. The van der Waals surface area contributed by atoms with E-state index in [-0.39, 0.29) is 12.1 Å². The van der Waals surface area contributed by atoms with Gasteiger partial charge in [-0.25, -0.2) is 4.79 Å². The zero-order valence-corrected chi connectivity index (χ0v) is 10.0. The standard InChI is InChI=1S/C14H11N3O2/c18-13-11-6-1-2-7-12(11)16-14(19)17(13)9-10-5-3-4-8-15-10/h1-8H,9H2,(H,16,19). The monoisotopic (exact) mass is 253 g/mol. The van der Waals surface area contributed by atoms with E-state index in [4.69, 9.17) is 0 Å². The molecule has 94 valence electrons. The van der Waals surface area contributed by atoms with E-state index in [0.717, 1.165) is 4.57 Å². The SMILES string of the molecule is O=c1[nH]c2ccccc2c(=O)n1Cc1ccccn1. The number of rotatable bonds is 2. The van der Waals surface area contributed by atoms with E-state index in [0.29, 0.717) is 16.6 Å². The number of benzene rings is 1. The number of aromatic amines is 1. The van der Waals surface area contributed by atoms with Crippen LogP contribution in [-0.4, -0.2) is 14.5 Å². The first-order valence-electron chi connectivity index (χ1n) is 5.87. The Morgan fingerprint density at radius 2 is 1.84 bits per heavy atom. The van der Waals surface area contributed by atoms with Crippen LogP contribution in [0.15, 0.2) is 58.3 Å². The second kappa shape index (κ2) is 4.53. The van der Waals surface area contributed by atoms with Gasteiger partial charge in [-0.1, -0.05) is 18.2 Å². The van der Waals surface area contributed by atoms with Gasteiger partial charge in [0.05, 0.1) is 23.1 Å². The van der Waals surface area contributed by atoms with E-state index in [1.165, 1.54) is 0 Å². The fourth-order valence-electron chi connectivity index (χ4n) is 2.00. The van der Waals surface area contributed by atoms with Crippen LogP contribution in [0.3, 0.4) is 0 Å². The molecule has 5 heteroatoms. The minimum absolute atomic E-state index is 0.167. The maximum Gasteiger partial charge on any atom is 0.329 e. The highest BCUT2D eigenvalue weighted by molar-refractivity contribution is 5.76. The molecule has 0 fully saturated rings. The van der Waals surface area contributed by atoms with Crippen LogP contribution in [0.2, 0.25) is 0 Å². The van der Waals surface area contributed by atoms with Crippen molar-refractivity contribution < 1.29 is 0 Å². The lowest BCUT2D eigenvalue weighted by molar-refractivity contribution is 0.696. The smallest absolute Gasteiger partial charge is 0.307 e. The van der Waals surface area contributed by atoms with Gasteiger partial charge in [-0.3, -0.25) is 14.3 Å². The van der Waals surface area contributed by atoms with Gasteiger partial charge < -0.3 is 4.98 Å². The summed E-state index contributed by atoms with van der Waals surface area (Å²) in [5, 5.41) is 0.498. The Labute approximate surface area is 108 Å². The van der Waals surface area contributed by atoms with E-state index in [2.05, 4.69) is 9.97 Å². The molecule has 1 N–H and O–H groups in total. The predicted octanol–water partition coefficient (Wildman–Crippen LogP) is 1.13. The van der Waals surface area contributed by atoms with Crippen molar-refractivity contribution in [3.63, 3.8) is 0 Å². The second-order valence-electron chi connectivity index (χ2n) is 4.19. The average molecular weight is 253 g/mol. The molecule has 3 aromatic rings. The van der Waals surface area contributed by atoms with Gasteiger partial charge in [0, 0.05) is 6.20 Å². The maximum atomic E-state index is 12.3. The van der Waals surface area contributed by atoms with Crippen LogP contribution in [0.1, 0.15) is 5.69 Å². The van der Waals surface area contributed by atoms with Crippen LogP contribution >= 0.6 is 0 Å². The molecule has 0 saturated carbocycles. The van der Waals surface area contributed by atoms with Crippen LogP contribution in [-0.2, 0) is 6.54 Å². The summed E-state index contributed by atoms with van der Waals surface area (Å²) in [6, 6.07) is 12.3. The molecule has 0 aliphatic carbocycles. The van der Waals surface area contributed by atoms with Gasteiger partial charge in [-0.2, -0.15) is 0 Å². The van der Waals surface area contributed by atoms with Crippen molar-refractivity contribution in [1.82, 2.24) is 14.5 Å². The first kappa shape index (κ1) is 11.4. The van der Waals surface area contributed by atoms with Crippen molar-refractivity contribution in [2.45, 2.75) is 6.54 Å². The Bertz CT molecular complexity index is 834. The van der Waals surface area contributed by atoms with E-state index in [9.17, 15) is 9.59 Å². The molecule has 0 radical (unpaired) electrons. The molecular weight excluding hydrogens is 242 g/mol. The van der Waals surface area contributed by atoms with Gasteiger partial charge in [-0.15, -0.1) is 0 Å². The summed E-state index contributed by atoms with van der Waals surface area (Å²) in [5.41, 5.74) is 0.500. The molecule has 0 atom stereocenters. The Hall–Kier alpha value is -2.69. The number of para-hydroxylation sites is 1. The van der Waals surface area contributed by atoms with Crippen LogP contribution in [0.4, 0.5) is 0 Å². The van der Waals surface area contributed by atoms with Crippen molar-refractivity contribution in [3.05, 3.63) is 75.2 Å². The van der Waals surface area contributed by atoms with Crippen molar-refractivity contribution >= 4 is 10.9 Å². The fraction of sp³-hybridized carbons (Fsp3) is 0.0714. The predicted molar refractivity (Wildman–Crippen MR) is 72.2 cm³/mol. The third-order valence-electron chi connectivity index (χ3n) is 2.94. The van der Waals surface area contributed by atoms with E-state index >= 15 is 0 Å². The number of hydrogen-bond donors (Lipinski definition) is 1. The molecule has 1 aromatic carbocycles. The number of hydrogen-bond acceptors (Lipinski definition) is 3. The van der Waals surface area contributed by atoms with Crippen molar-refractivity contribution in [1.29, 1.82) is 0 Å². The van der Waals surface area contributed by atoms with E-state index in [1.54, 1.807) is 42.6 Å². The largest absolute Gasteiger partial charge is 0.329 e.